The van der Waals surface area contributed by atoms with Crippen molar-refractivity contribution in [3.05, 3.63) is 69.4 Å². The van der Waals surface area contributed by atoms with Gasteiger partial charge in [0, 0.05) is 47.4 Å². The first kappa shape index (κ1) is 25.2. The van der Waals surface area contributed by atoms with Crippen LogP contribution in [0.25, 0.3) is 11.3 Å². The van der Waals surface area contributed by atoms with Crippen LogP contribution in [0.3, 0.4) is 0 Å². The number of nitrogens with zero attached hydrogens (tertiary/aromatic N) is 2. The molecule has 2 aromatic carbocycles. The minimum absolute atomic E-state index is 0.135. The first-order valence-electron chi connectivity index (χ1n) is 13.0. The SMILES string of the molecule is O=C(O)c1ccc(NC(=O)N2C3CCC2CC(NCc2c(-c4c(Cl)cccc4Cl)noc2C2CC2)C3)cc1. The van der Waals surface area contributed by atoms with Gasteiger partial charge in [0.1, 0.15) is 11.5 Å². The highest BCUT2D eigenvalue weighted by atomic mass is 35.5. The third-order valence-electron chi connectivity index (χ3n) is 7.88. The molecule has 3 heterocycles. The second kappa shape index (κ2) is 10.2. The number of anilines is 1. The molecule has 3 aliphatic rings. The molecular weight excluding hydrogens is 527 g/mol. The quantitative estimate of drug-likeness (QED) is 0.306. The number of carbonyl (C=O) groups is 2. The van der Waals surface area contributed by atoms with Crippen molar-refractivity contribution in [2.75, 3.05) is 5.32 Å². The Balaban J connectivity index is 1.13. The van der Waals surface area contributed by atoms with Crippen molar-refractivity contribution in [3.63, 3.8) is 0 Å². The van der Waals surface area contributed by atoms with Gasteiger partial charge in [-0.1, -0.05) is 34.4 Å². The Hall–Kier alpha value is -3.07. The number of piperidine rings is 1. The fourth-order valence-electron chi connectivity index (χ4n) is 5.89. The number of fused-ring (bicyclic) bond motifs is 2. The third-order valence-corrected chi connectivity index (χ3v) is 8.51. The van der Waals surface area contributed by atoms with Gasteiger partial charge in [-0.2, -0.15) is 0 Å². The van der Waals surface area contributed by atoms with E-state index in [9.17, 15) is 9.59 Å². The summed E-state index contributed by atoms with van der Waals surface area (Å²) in [6.07, 6.45) is 5.83. The van der Waals surface area contributed by atoms with E-state index in [1.807, 2.05) is 23.1 Å². The number of nitrogens with one attached hydrogen (secondary N) is 2. The topological polar surface area (TPSA) is 108 Å². The van der Waals surface area contributed by atoms with Crippen LogP contribution in [0.5, 0.6) is 0 Å². The molecule has 3 aromatic rings. The van der Waals surface area contributed by atoms with Crippen molar-refractivity contribution in [3.8, 4) is 11.3 Å². The maximum Gasteiger partial charge on any atom is 0.335 e. The standard InChI is InChI=1S/C28H28Cl2N4O4/c29-22-2-1-3-23(30)24(22)25-21(26(38-33-25)15-4-5-15)14-31-18-12-19-10-11-20(13-18)34(19)28(37)32-17-8-6-16(7-9-17)27(35)36/h1-3,6-9,15,18-20,31H,4-5,10-14H2,(H,32,37)(H,35,36). The molecule has 2 atom stereocenters. The molecule has 3 fully saturated rings. The molecule has 1 saturated carbocycles. The van der Waals surface area contributed by atoms with Gasteiger partial charge in [-0.3, -0.25) is 0 Å². The maximum absolute atomic E-state index is 13.1. The summed E-state index contributed by atoms with van der Waals surface area (Å²) in [5.41, 5.74) is 3.19. The molecule has 38 heavy (non-hydrogen) atoms. The van der Waals surface area contributed by atoms with Crippen molar-refractivity contribution in [2.45, 2.75) is 69.1 Å². The minimum Gasteiger partial charge on any atom is -0.478 e. The fourth-order valence-corrected chi connectivity index (χ4v) is 6.46. The highest BCUT2D eigenvalue weighted by Crippen LogP contribution is 2.46. The average molecular weight is 555 g/mol. The van der Waals surface area contributed by atoms with Gasteiger partial charge in [0.25, 0.3) is 0 Å². The van der Waals surface area contributed by atoms with Crippen molar-refractivity contribution in [1.29, 1.82) is 0 Å². The molecular formula is C28H28Cl2N4O4. The number of carboxylic acid groups (broad SMARTS) is 1. The number of rotatable bonds is 7. The molecule has 10 heteroatoms. The molecule has 3 N–H and O–H groups in total. The van der Waals surface area contributed by atoms with Gasteiger partial charge in [-0.25, -0.2) is 9.59 Å². The van der Waals surface area contributed by atoms with Crippen LogP contribution in [0.4, 0.5) is 10.5 Å². The van der Waals surface area contributed by atoms with Gasteiger partial charge in [0.2, 0.25) is 0 Å². The lowest BCUT2D eigenvalue weighted by Gasteiger charge is -2.39. The number of carbonyl (C=O) groups excluding carboxylic acids is 1. The Morgan fingerprint density at radius 2 is 1.66 bits per heavy atom. The summed E-state index contributed by atoms with van der Waals surface area (Å²) < 4.78 is 5.80. The zero-order chi connectivity index (χ0) is 26.4. The van der Waals surface area contributed by atoms with Crippen molar-refractivity contribution in [2.24, 2.45) is 0 Å². The lowest BCUT2D eigenvalue weighted by Crippen LogP contribution is -2.52. The van der Waals surface area contributed by atoms with E-state index < -0.39 is 5.97 Å². The summed E-state index contributed by atoms with van der Waals surface area (Å²) >= 11 is 13.0. The number of benzene rings is 2. The molecule has 8 nitrogen and oxygen atoms in total. The molecule has 0 radical (unpaired) electrons. The summed E-state index contributed by atoms with van der Waals surface area (Å²) in [4.78, 5) is 26.2. The fraction of sp³-hybridized carbons (Fsp3) is 0.393. The second-order valence-corrected chi connectivity index (χ2v) is 11.2. The average Bonchev–Trinajstić information content (AvgIpc) is 3.60. The van der Waals surface area contributed by atoms with Crippen LogP contribution >= 0.6 is 23.2 Å². The highest BCUT2D eigenvalue weighted by Gasteiger charge is 2.43. The summed E-state index contributed by atoms with van der Waals surface area (Å²) in [6, 6.07) is 12.1. The lowest BCUT2D eigenvalue weighted by atomic mass is 9.96. The van der Waals surface area contributed by atoms with E-state index in [0.717, 1.165) is 49.8 Å². The minimum atomic E-state index is -0.993. The summed E-state index contributed by atoms with van der Waals surface area (Å²) in [7, 11) is 0. The van der Waals surface area contributed by atoms with Crippen LogP contribution < -0.4 is 10.6 Å². The van der Waals surface area contributed by atoms with Crippen LogP contribution in [-0.4, -0.2) is 45.3 Å². The lowest BCUT2D eigenvalue weighted by molar-refractivity contribution is 0.0697. The summed E-state index contributed by atoms with van der Waals surface area (Å²) in [6.45, 7) is 0.596. The molecule has 6 rings (SSSR count). The molecule has 198 valence electrons. The number of aromatic nitrogens is 1. The normalized spacial score (nSPS) is 22.5. The third kappa shape index (κ3) is 4.88. The van der Waals surface area contributed by atoms with Gasteiger partial charge in [0.05, 0.1) is 15.6 Å². The van der Waals surface area contributed by atoms with E-state index in [2.05, 4.69) is 15.8 Å². The molecule has 0 spiro atoms. The Bertz CT molecular complexity index is 1340. The molecule has 2 aliphatic heterocycles. The first-order valence-corrected chi connectivity index (χ1v) is 13.7. The van der Waals surface area contributed by atoms with Gasteiger partial charge in [-0.05, 0) is 74.9 Å². The van der Waals surface area contributed by atoms with Gasteiger partial charge in [-0.15, -0.1) is 0 Å². The Labute approximate surface area is 230 Å². The highest BCUT2D eigenvalue weighted by molar-refractivity contribution is 6.39. The van der Waals surface area contributed by atoms with E-state index in [1.165, 1.54) is 12.1 Å². The molecule has 1 aromatic heterocycles. The van der Waals surface area contributed by atoms with Crippen LogP contribution in [0, 0.1) is 0 Å². The van der Waals surface area contributed by atoms with Crippen molar-refractivity contribution < 1.29 is 19.2 Å². The molecule has 2 bridgehead atoms. The Kier molecular flexibility index (Phi) is 6.80. The number of aromatic carboxylic acids is 1. The van der Waals surface area contributed by atoms with Crippen LogP contribution in [0.2, 0.25) is 10.0 Å². The molecule has 2 amide bonds. The number of carboxylic acids is 1. The van der Waals surface area contributed by atoms with Crippen LogP contribution in [0.1, 0.15) is 66.1 Å². The Morgan fingerprint density at radius 1 is 1.00 bits per heavy atom. The van der Waals surface area contributed by atoms with Gasteiger partial charge >= 0.3 is 12.0 Å². The number of urea groups is 1. The molecule has 2 unspecified atom stereocenters. The number of amides is 2. The summed E-state index contributed by atoms with van der Waals surface area (Å²) in [5.74, 6) is 0.311. The molecule has 2 saturated heterocycles. The van der Waals surface area contributed by atoms with E-state index in [1.54, 1.807) is 12.1 Å². The van der Waals surface area contributed by atoms with Crippen LogP contribution in [-0.2, 0) is 6.54 Å². The predicted octanol–water partition coefficient (Wildman–Crippen LogP) is 6.54. The maximum atomic E-state index is 13.1. The summed E-state index contributed by atoms with van der Waals surface area (Å²) in [5, 5.41) is 21.2. The van der Waals surface area contributed by atoms with E-state index in [-0.39, 0.29) is 29.7 Å². The first-order chi connectivity index (χ1) is 18.4. The van der Waals surface area contributed by atoms with Crippen LogP contribution in [0.15, 0.2) is 47.0 Å². The second-order valence-electron chi connectivity index (χ2n) is 10.4. The van der Waals surface area contributed by atoms with E-state index in [4.69, 9.17) is 32.8 Å². The zero-order valence-corrected chi connectivity index (χ0v) is 22.1. The smallest absolute Gasteiger partial charge is 0.335 e. The monoisotopic (exact) mass is 554 g/mol. The van der Waals surface area contributed by atoms with E-state index >= 15 is 0 Å². The number of halogens is 2. The number of hydrogen-bond donors (Lipinski definition) is 3. The number of hydrogen-bond acceptors (Lipinski definition) is 5. The van der Waals surface area contributed by atoms with Gasteiger partial charge in [0.15, 0.2) is 0 Å². The Morgan fingerprint density at radius 3 is 2.26 bits per heavy atom. The predicted molar refractivity (Wildman–Crippen MR) is 145 cm³/mol. The van der Waals surface area contributed by atoms with Crippen molar-refractivity contribution >= 4 is 40.9 Å². The van der Waals surface area contributed by atoms with Crippen molar-refractivity contribution in [1.82, 2.24) is 15.4 Å². The zero-order valence-electron chi connectivity index (χ0n) is 20.6. The van der Waals surface area contributed by atoms with E-state index in [0.29, 0.717) is 39.5 Å². The molecule has 1 aliphatic carbocycles. The van der Waals surface area contributed by atoms with Gasteiger partial charge < -0.3 is 25.2 Å². The largest absolute Gasteiger partial charge is 0.478 e.